The van der Waals surface area contributed by atoms with E-state index < -0.39 is 5.97 Å². The zero-order chi connectivity index (χ0) is 14.5. The van der Waals surface area contributed by atoms with Crippen LogP contribution in [0, 0.1) is 6.92 Å². The Labute approximate surface area is 120 Å². The van der Waals surface area contributed by atoms with Gasteiger partial charge in [-0.05, 0) is 42.8 Å². The highest BCUT2D eigenvalue weighted by Gasteiger charge is 2.08. The van der Waals surface area contributed by atoms with Crippen molar-refractivity contribution < 1.29 is 14.7 Å². The van der Waals surface area contributed by atoms with E-state index in [2.05, 4.69) is 5.32 Å². The zero-order valence-electron chi connectivity index (χ0n) is 10.8. The van der Waals surface area contributed by atoms with Gasteiger partial charge in [0.2, 0.25) is 0 Å². The summed E-state index contributed by atoms with van der Waals surface area (Å²) in [6.07, 6.45) is 2.54. The molecule has 0 saturated carbocycles. The normalized spacial score (nSPS) is 10.7. The van der Waals surface area contributed by atoms with Crippen molar-refractivity contribution in [3.63, 3.8) is 0 Å². The van der Waals surface area contributed by atoms with Crippen LogP contribution in [0.1, 0.15) is 20.1 Å². The molecule has 0 radical (unpaired) electrons. The molecule has 2 N–H and O–H groups in total. The third kappa shape index (κ3) is 3.80. The quantitative estimate of drug-likeness (QED) is 0.847. The van der Waals surface area contributed by atoms with E-state index in [1.165, 1.54) is 17.4 Å². The van der Waals surface area contributed by atoms with Crippen molar-refractivity contribution in [1.82, 2.24) is 0 Å². The molecule has 4 nitrogen and oxygen atoms in total. The number of carboxylic acid groups (broad SMARTS) is 1. The van der Waals surface area contributed by atoms with Crippen LogP contribution in [-0.2, 0) is 4.79 Å². The summed E-state index contributed by atoms with van der Waals surface area (Å²) in [5, 5.41) is 11.4. The molecule has 1 aromatic carbocycles. The van der Waals surface area contributed by atoms with Crippen molar-refractivity contribution in [1.29, 1.82) is 0 Å². The first kappa shape index (κ1) is 14.0. The van der Waals surface area contributed by atoms with Crippen molar-refractivity contribution in [2.45, 2.75) is 6.92 Å². The molecule has 0 unspecified atom stereocenters. The Morgan fingerprint density at radius 2 is 2.05 bits per heavy atom. The number of anilines is 1. The average molecular weight is 287 g/mol. The number of hydrogen-bond acceptors (Lipinski definition) is 3. The van der Waals surface area contributed by atoms with Crippen molar-refractivity contribution in [3.8, 4) is 0 Å². The number of carbonyl (C=O) groups excluding carboxylic acids is 1. The van der Waals surface area contributed by atoms with E-state index in [1.54, 1.807) is 30.3 Å². The first-order valence-corrected chi connectivity index (χ1v) is 6.75. The molecule has 0 fully saturated rings. The number of carboxylic acids is 1. The molecule has 0 saturated heterocycles. The predicted octanol–water partition coefficient (Wildman–Crippen LogP) is 3.41. The smallest absolute Gasteiger partial charge is 0.328 e. The van der Waals surface area contributed by atoms with Gasteiger partial charge in [-0.15, -0.1) is 11.3 Å². The van der Waals surface area contributed by atoms with Gasteiger partial charge in [0.15, 0.2) is 0 Å². The minimum Gasteiger partial charge on any atom is -0.478 e. The summed E-state index contributed by atoms with van der Waals surface area (Å²) < 4.78 is 0. The Kier molecular flexibility index (Phi) is 4.32. The molecule has 102 valence electrons. The molecule has 0 bridgehead atoms. The summed E-state index contributed by atoms with van der Waals surface area (Å²) in [7, 11) is 0. The third-order valence-electron chi connectivity index (χ3n) is 2.53. The third-order valence-corrected chi connectivity index (χ3v) is 3.53. The Balaban J connectivity index is 2.11. The largest absolute Gasteiger partial charge is 0.478 e. The zero-order valence-corrected chi connectivity index (χ0v) is 11.6. The van der Waals surface area contributed by atoms with Crippen molar-refractivity contribution >= 4 is 35.0 Å². The average Bonchev–Trinajstić information content (AvgIpc) is 2.84. The number of amides is 1. The van der Waals surface area contributed by atoms with Crippen molar-refractivity contribution in [2.75, 3.05) is 5.32 Å². The first-order valence-electron chi connectivity index (χ1n) is 5.93. The van der Waals surface area contributed by atoms with Gasteiger partial charge in [-0.25, -0.2) is 4.79 Å². The van der Waals surface area contributed by atoms with Crippen LogP contribution >= 0.6 is 11.3 Å². The van der Waals surface area contributed by atoms with Crippen LogP contribution in [0.15, 0.2) is 42.5 Å². The minimum atomic E-state index is -1.01. The highest BCUT2D eigenvalue weighted by molar-refractivity contribution is 7.14. The van der Waals surface area contributed by atoms with Crippen LogP contribution in [0.5, 0.6) is 0 Å². The highest BCUT2D eigenvalue weighted by atomic mass is 32.1. The number of aryl methyl sites for hydroxylation is 1. The molecular formula is C15H13NO3S. The van der Waals surface area contributed by atoms with Crippen LogP contribution in [-0.4, -0.2) is 17.0 Å². The van der Waals surface area contributed by atoms with E-state index in [-0.39, 0.29) is 5.91 Å². The van der Waals surface area contributed by atoms with Crippen LogP contribution < -0.4 is 5.32 Å². The van der Waals surface area contributed by atoms with Gasteiger partial charge < -0.3 is 10.4 Å². The first-order chi connectivity index (χ1) is 9.54. The van der Waals surface area contributed by atoms with Gasteiger partial charge in [-0.2, -0.15) is 0 Å². The van der Waals surface area contributed by atoms with Crippen LogP contribution in [0.4, 0.5) is 5.69 Å². The Morgan fingerprint density at radius 3 is 2.70 bits per heavy atom. The number of thiophene rings is 1. The maximum absolute atomic E-state index is 12.0. The fourth-order valence-corrected chi connectivity index (χ4v) is 2.40. The standard InChI is InChI=1S/C15H13NO3S/c1-10-5-7-13(20-10)15(19)16-12-4-2-3-11(9-12)6-8-14(17)18/h2-9H,1H3,(H,16,19)(H,17,18). The van der Waals surface area contributed by atoms with Crippen molar-refractivity contribution in [3.05, 3.63) is 57.8 Å². The lowest BCUT2D eigenvalue weighted by atomic mass is 10.2. The summed E-state index contributed by atoms with van der Waals surface area (Å²) in [5.41, 5.74) is 1.35. The fraction of sp³-hybridized carbons (Fsp3) is 0.0667. The molecule has 2 rings (SSSR count). The summed E-state index contributed by atoms with van der Waals surface area (Å²) in [6.45, 7) is 1.94. The number of aliphatic carboxylic acids is 1. The summed E-state index contributed by atoms with van der Waals surface area (Å²) >= 11 is 1.43. The molecule has 0 atom stereocenters. The lowest BCUT2D eigenvalue weighted by Crippen LogP contribution is -2.09. The molecule has 1 heterocycles. The summed E-state index contributed by atoms with van der Waals surface area (Å²) in [6, 6.07) is 10.7. The Morgan fingerprint density at radius 1 is 1.25 bits per heavy atom. The van der Waals surface area contributed by atoms with E-state index in [1.807, 2.05) is 13.0 Å². The molecule has 5 heteroatoms. The topological polar surface area (TPSA) is 66.4 Å². The molecule has 0 spiro atoms. The van der Waals surface area contributed by atoms with E-state index >= 15 is 0 Å². The molecule has 0 aliphatic rings. The van der Waals surface area contributed by atoms with E-state index in [0.29, 0.717) is 16.1 Å². The highest BCUT2D eigenvalue weighted by Crippen LogP contribution is 2.18. The SMILES string of the molecule is Cc1ccc(C(=O)Nc2cccc(C=CC(=O)O)c2)s1. The van der Waals surface area contributed by atoms with E-state index in [4.69, 9.17) is 5.11 Å². The number of rotatable bonds is 4. The summed E-state index contributed by atoms with van der Waals surface area (Å²) in [5.74, 6) is -1.17. The van der Waals surface area contributed by atoms with Gasteiger partial charge in [0.1, 0.15) is 0 Å². The van der Waals surface area contributed by atoms with Gasteiger partial charge in [-0.1, -0.05) is 12.1 Å². The molecule has 20 heavy (non-hydrogen) atoms. The lowest BCUT2D eigenvalue weighted by molar-refractivity contribution is -0.131. The maximum Gasteiger partial charge on any atom is 0.328 e. The second-order valence-corrected chi connectivity index (χ2v) is 5.45. The molecule has 0 aliphatic heterocycles. The predicted molar refractivity (Wildman–Crippen MR) is 80.1 cm³/mol. The Hall–Kier alpha value is -2.40. The number of nitrogens with one attached hydrogen (secondary N) is 1. The number of carbonyl (C=O) groups is 2. The Bertz CT molecular complexity index is 673. The minimum absolute atomic E-state index is 0.164. The van der Waals surface area contributed by atoms with Gasteiger partial charge >= 0.3 is 5.97 Å². The van der Waals surface area contributed by atoms with Gasteiger partial charge in [0.05, 0.1) is 4.88 Å². The van der Waals surface area contributed by atoms with Crippen LogP contribution in [0.25, 0.3) is 6.08 Å². The second kappa shape index (κ2) is 6.16. The lowest BCUT2D eigenvalue weighted by Gasteiger charge is -2.04. The van der Waals surface area contributed by atoms with Crippen LogP contribution in [0.2, 0.25) is 0 Å². The van der Waals surface area contributed by atoms with Gasteiger partial charge in [0, 0.05) is 16.6 Å². The van der Waals surface area contributed by atoms with E-state index in [9.17, 15) is 9.59 Å². The molecule has 1 aromatic heterocycles. The summed E-state index contributed by atoms with van der Waals surface area (Å²) in [4.78, 5) is 24.2. The molecule has 1 amide bonds. The second-order valence-electron chi connectivity index (χ2n) is 4.16. The molecule has 0 aliphatic carbocycles. The van der Waals surface area contributed by atoms with E-state index in [0.717, 1.165) is 11.0 Å². The fourth-order valence-electron chi connectivity index (χ4n) is 1.64. The monoisotopic (exact) mass is 287 g/mol. The molecule has 2 aromatic rings. The van der Waals surface area contributed by atoms with Crippen LogP contribution in [0.3, 0.4) is 0 Å². The molecular weight excluding hydrogens is 274 g/mol. The van der Waals surface area contributed by atoms with Gasteiger partial charge in [-0.3, -0.25) is 4.79 Å². The number of hydrogen-bond donors (Lipinski definition) is 2. The maximum atomic E-state index is 12.0. The number of benzene rings is 1. The van der Waals surface area contributed by atoms with Gasteiger partial charge in [0.25, 0.3) is 5.91 Å². The van der Waals surface area contributed by atoms with Crippen molar-refractivity contribution in [2.24, 2.45) is 0 Å².